The molecule has 0 saturated heterocycles. The molecule has 2 aromatic heterocycles. The van der Waals surface area contributed by atoms with Crippen molar-refractivity contribution in [3.8, 4) is 0 Å². The Morgan fingerprint density at radius 3 is 2.87 bits per heavy atom. The van der Waals surface area contributed by atoms with Crippen LogP contribution in [0.15, 0.2) is 41.5 Å². The summed E-state index contributed by atoms with van der Waals surface area (Å²) >= 11 is 0. The molecule has 1 aliphatic carbocycles. The highest BCUT2D eigenvalue weighted by Gasteiger charge is 2.15. The van der Waals surface area contributed by atoms with E-state index in [0.29, 0.717) is 16.6 Å². The van der Waals surface area contributed by atoms with E-state index in [0.717, 1.165) is 36.9 Å². The lowest BCUT2D eigenvalue weighted by Gasteiger charge is -2.15. The second kappa shape index (κ2) is 5.57. The quantitative estimate of drug-likeness (QED) is 0.731. The molecule has 0 N–H and O–H groups in total. The maximum absolute atomic E-state index is 13.8. The zero-order valence-electron chi connectivity index (χ0n) is 12.6. The second-order valence-corrected chi connectivity index (χ2v) is 5.94. The molecular formula is C18H16FN3O. The van der Waals surface area contributed by atoms with Gasteiger partial charge in [0.05, 0.1) is 11.9 Å². The van der Waals surface area contributed by atoms with Crippen molar-refractivity contribution in [2.45, 2.75) is 32.2 Å². The van der Waals surface area contributed by atoms with E-state index < -0.39 is 0 Å². The summed E-state index contributed by atoms with van der Waals surface area (Å²) in [5.41, 5.74) is 3.00. The highest BCUT2D eigenvalue weighted by atomic mass is 19.1. The van der Waals surface area contributed by atoms with Gasteiger partial charge in [-0.15, -0.1) is 0 Å². The zero-order valence-corrected chi connectivity index (χ0v) is 12.6. The molecule has 0 unspecified atom stereocenters. The monoisotopic (exact) mass is 309 g/mol. The van der Waals surface area contributed by atoms with Gasteiger partial charge in [0.2, 0.25) is 0 Å². The van der Waals surface area contributed by atoms with Crippen LogP contribution in [-0.4, -0.2) is 14.5 Å². The lowest BCUT2D eigenvalue weighted by molar-refractivity contribution is 0.595. The molecule has 23 heavy (non-hydrogen) atoms. The van der Waals surface area contributed by atoms with Crippen LogP contribution in [0.25, 0.3) is 11.0 Å². The number of fused-ring (bicyclic) bond motifs is 2. The van der Waals surface area contributed by atoms with Crippen molar-refractivity contribution < 1.29 is 4.39 Å². The Labute approximate surface area is 132 Å². The van der Waals surface area contributed by atoms with E-state index in [4.69, 9.17) is 0 Å². The minimum Gasteiger partial charge on any atom is -0.294 e. The molecule has 0 saturated carbocycles. The van der Waals surface area contributed by atoms with E-state index >= 15 is 0 Å². The Hall–Kier alpha value is -2.56. The van der Waals surface area contributed by atoms with Crippen LogP contribution >= 0.6 is 0 Å². The normalized spacial score (nSPS) is 14.0. The van der Waals surface area contributed by atoms with Crippen molar-refractivity contribution in [1.29, 1.82) is 0 Å². The van der Waals surface area contributed by atoms with Gasteiger partial charge >= 0.3 is 0 Å². The standard InChI is InChI=1S/C18H16FN3O/c19-15-7-3-1-6-13(15)10-22-11-20-17-14(18(22)23)9-12-5-2-4-8-16(12)21-17/h1,3,6-7,9,11H,2,4-5,8,10H2. The predicted molar refractivity (Wildman–Crippen MR) is 85.9 cm³/mol. The number of nitrogens with zero attached hydrogens (tertiary/aromatic N) is 3. The van der Waals surface area contributed by atoms with Gasteiger partial charge in [0.15, 0.2) is 5.65 Å². The first-order valence-corrected chi connectivity index (χ1v) is 7.84. The summed E-state index contributed by atoms with van der Waals surface area (Å²) in [4.78, 5) is 21.5. The molecule has 0 aliphatic heterocycles. The third-order valence-corrected chi connectivity index (χ3v) is 4.39. The molecule has 0 amide bonds. The molecule has 0 fully saturated rings. The molecule has 116 valence electrons. The van der Waals surface area contributed by atoms with Gasteiger partial charge in [-0.05, 0) is 43.4 Å². The van der Waals surface area contributed by atoms with E-state index in [1.165, 1.54) is 17.0 Å². The van der Waals surface area contributed by atoms with Crippen LogP contribution in [0.5, 0.6) is 0 Å². The van der Waals surface area contributed by atoms with E-state index in [-0.39, 0.29) is 17.9 Å². The van der Waals surface area contributed by atoms with Crippen LogP contribution in [-0.2, 0) is 19.4 Å². The second-order valence-electron chi connectivity index (χ2n) is 5.94. The summed E-state index contributed by atoms with van der Waals surface area (Å²) in [6.45, 7) is 0.172. The van der Waals surface area contributed by atoms with Gasteiger partial charge in [0, 0.05) is 11.3 Å². The van der Waals surface area contributed by atoms with Gasteiger partial charge in [-0.3, -0.25) is 9.36 Å². The molecule has 0 atom stereocenters. The molecule has 1 aliphatic rings. The van der Waals surface area contributed by atoms with Crippen LogP contribution in [0.3, 0.4) is 0 Å². The number of rotatable bonds is 2. The SMILES string of the molecule is O=c1c2cc3c(nc2ncn1Cc1ccccc1F)CCCC3. The molecule has 3 aromatic rings. The van der Waals surface area contributed by atoms with E-state index in [1.807, 2.05) is 6.07 Å². The molecule has 0 radical (unpaired) electrons. The third-order valence-electron chi connectivity index (χ3n) is 4.39. The van der Waals surface area contributed by atoms with Crippen LogP contribution in [0.4, 0.5) is 4.39 Å². The van der Waals surface area contributed by atoms with Crippen LogP contribution in [0.2, 0.25) is 0 Å². The maximum Gasteiger partial charge on any atom is 0.263 e. The van der Waals surface area contributed by atoms with Crippen molar-refractivity contribution >= 4 is 11.0 Å². The Morgan fingerprint density at radius 1 is 1.17 bits per heavy atom. The first-order chi connectivity index (χ1) is 11.2. The first kappa shape index (κ1) is 14.1. The summed E-state index contributed by atoms with van der Waals surface area (Å²) in [5, 5.41) is 0.518. The number of aryl methyl sites for hydroxylation is 2. The molecule has 4 nitrogen and oxygen atoms in total. The molecule has 0 bridgehead atoms. The van der Waals surface area contributed by atoms with Gasteiger partial charge < -0.3 is 0 Å². The average Bonchev–Trinajstić information content (AvgIpc) is 2.58. The van der Waals surface area contributed by atoms with Gasteiger partial charge in [-0.2, -0.15) is 0 Å². The number of hydrogen-bond donors (Lipinski definition) is 0. The van der Waals surface area contributed by atoms with E-state index in [2.05, 4.69) is 9.97 Å². The molecular weight excluding hydrogens is 293 g/mol. The van der Waals surface area contributed by atoms with Gasteiger partial charge in [-0.25, -0.2) is 14.4 Å². The molecule has 4 rings (SSSR count). The third kappa shape index (κ3) is 2.52. The van der Waals surface area contributed by atoms with Crippen molar-refractivity contribution in [2.75, 3.05) is 0 Å². The number of pyridine rings is 1. The largest absolute Gasteiger partial charge is 0.294 e. The van der Waals surface area contributed by atoms with Crippen molar-refractivity contribution in [3.63, 3.8) is 0 Å². The summed E-state index contributed by atoms with van der Waals surface area (Å²) in [7, 11) is 0. The summed E-state index contributed by atoms with van der Waals surface area (Å²) in [6.07, 6.45) is 5.63. The van der Waals surface area contributed by atoms with E-state index in [9.17, 15) is 9.18 Å². The maximum atomic E-state index is 13.8. The number of aromatic nitrogens is 3. The summed E-state index contributed by atoms with van der Waals surface area (Å²) < 4.78 is 15.2. The van der Waals surface area contributed by atoms with Gasteiger partial charge in [0.1, 0.15) is 12.1 Å². The average molecular weight is 309 g/mol. The highest BCUT2D eigenvalue weighted by molar-refractivity contribution is 5.74. The Bertz CT molecular complexity index is 949. The molecule has 1 aromatic carbocycles. The minimum atomic E-state index is -0.317. The summed E-state index contributed by atoms with van der Waals surface area (Å²) in [6, 6.07) is 8.39. The number of benzene rings is 1. The smallest absolute Gasteiger partial charge is 0.263 e. The number of hydrogen-bond acceptors (Lipinski definition) is 3. The topological polar surface area (TPSA) is 47.8 Å². The van der Waals surface area contributed by atoms with Crippen LogP contribution < -0.4 is 5.56 Å². The van der Waals surface area contributed by atoms with Crippen LogP contribution in [0, 0.1) is 5.82 Å². The van der Waals surface area contributed by atoms with Crippen molar-refractivity contribution in [1.82, 2.24) is 14.5 Å². The molecule has 0 spiro atoms. The lowest BCUT2D eigenvalue weighted by Crippen LogP contribution is -2.23. The number of halogens is 1. The van der Waals surface area contributed by atoms with Gasteiger partial charge in [0.25, 0.3) is 5.56 Å². The predicted octanol–water partition coefficient (Wildman–Crippen LogP) is 2.86. The Kier molecular flexibility index (Phi) is 3.41. The Morgan fingerprint density at radius 2 is 2.00 bits per heavy atom. The van der Waals surface area contributed by atoms with Crippen LogP contribution in [0.1, 0.15) is 29.7 Å². The van der Waals surface area contributed by atoms with E-state index in [1.54, 1.807) is 18.2 Å². The molecule has 5 heteroatoms. The Balaban J connectivity index is 1.81. The first-order valence-electron chi connectivity index (χ1n) is 7.84. The summed E-state index contributed by atoms with van der Waals surface area (Å²) in [5.74, 6) is -0.317. The fraction of sp³-hybridized carbons (Fsp3) is 0.278. The van der Waals surface area contributed by atoms with Crippen molar-refractivity contribution in [3.05, 3.63) is 69.7 Å². The fourth-order valence-electron chi connectivity index (χ4n) is 3.13. The minimum absolute atomic E-state index is 0.167. The highest BCUT2D eigenvalue weighted by Crippen LogP contribution is 2.21. The fourth-order valence-corrected chi connectivity index (χ4v) is 3.13. The zero-order chi connectivity index (χ0) is 15.8. The van der Waals surface area contributed by atoms with Gasteiger partial charge in [-0.1, -0.05) is 18.2 Å². The lowest BCUT2D eigenvalue weighted by atomic mass is 9.95. The molecule has 2 heterocycles. The van der Waals surface area contributed by atoms with Crippen molar-refractivity contribution in [2.24, 2.45) is 0 Å².